The van der Waals surface area contributed by atoms with Gasteiger partial charge in [0.25, 0.3) is 10.0 Å². The van der Waals surface area contributed by atoms with Gasteiger partial charge in [-0.2, -0.15) is 0 Å². The van der Waals surface area contributed by atoms with E-state index in [1.54, 1.807) is 31.2 Å². The SMILES string of the molecule is CCc1ccccc1NS(=O)(=O)c1cc(CO)ccc1C. The summed E-state index contributed by atoms with van der Waals surface area (Å²) in [7, 11) is -3.67. The van der Waals surface area contributed by atoms with Crippen molar-refractivity contribution in [1.82, 2.24) is 0 Å². The lowest BCUT2D eigenvalue weighted by Crippen LogP contribution is -2.15. The molecule has 0 radical (unpaired) electrons. The van der Waals surface area contributed by atoms with Crippen molar-refractivity contribution in [2.24, 2.45) is 0 Å². The van der Waals surface area contributed by atoms with E-state index in [-0.39, 0.29) is 11.5 Å². The van der Waals surface area contributed by atoms with Gasteiger partial charge in [0.15, 0.2) is 0 Å². The minimum atomic E-state index is -3.67. The molecule has 0 saturated carbocycles. The van der Waals surface area contributed by atoms with Crippen molar-refractivity contribution < 1.29 is 13.5 Å². The number of benzene rings is 2. The zero-order chi connectivity index (χ0) is 15.5. The lowest BCUT2D eigenvalue weighted by atomic mass is 10.1. The highest BCUT2D eigenvalue weighted by Gasteiger charge is 2.18. The van der Waals surface area contributed by atoms with Crippen LogP contribution in [-0.2, 0) is 23.1 Å². The molecule has 2 aromatic rings. The molecule has 0 fully saturated rings. The van der Waals surface area contributed by atoms with E-state index >= 15 is 0 Å². The lowest BCUT2D eigenvalue weighted by molar-refractivity contribution is 0.281. The van der Waals surface area contributed by atoms with Crippen molar-refractivity contribution in [2.45, 2.75) is 31.8 Å². The van der Waals surface area contributed by atoms with Crippen LogP contribution in [0.5, 0.6) is 0 Å². The van der Waals surface area contributed by atoms with Gasteiger partial charge in [0.1, 0.15) is 0 Å². The van der Waals surface area contributed by atoms with Crippen LogP contribution < -0.4 is 4.72 Å². The van der Waals surface area contributed by atoms with Crippen molar-refractivity contribution in [3.05, 3.63) is 59.2 Å². The van der Waals surface area contributed by atoms with Crippen LogP contribution >= 0.6 is 0 Å². The number of aryl methyl sites for hydroxylation is 2. The maximum absolute atomic E-state index is 12.6. The minimum Gasteiger partial charge on any atom is -0.392 e. The number of hydrogen-bond donors (Lipinski definition) is 2. The van der Waals surface area contributed by atoms with Crippen LogP contribution in [0, 0.1) is 6.92 Å². The van der Waals surface area contributed by atoms with Gasteiger partial charge >= 0.3 is 0 Å². The Morgan fingerprint density at radius 3 is 2.52 bits per heavy atom. The van der Waals surface area contributed by atoms with Crippen molar-refractivity contribution >= 4 is 15.7 Å². The molecule has 0 bridgehead atoms. The topological polar surface area (TPSA) is 66.4 Å². The summed E-state index contributed by atoms with van der Waals surface area (Å²) in [6, 6.07) is 12.3. The maximum Gasteiger partial charge on any atom is 0.262 e. The van der Waals surface area contributed by atoms with Crippen molar-refractivity contribution in [3.8, 4) is 0 Å². The average Bonchev–Trinajstić information content (AvgIpc) is 2.47. The van der Waals surface area contributed by atoms with E-state index in [2.05, 4.69) is 4.72 Å². The third-order valence-corrected chi connectivity index (χ3v) is 4.87. The Bertz CT molecular complexity index is 739. The van der Waals surface area contributed by atoms with Gasteiger partial charge in [0.05, 0.1) is 17.2 Å². The third-order valence-electron chi connectivity index (χ3n) is 3.37. The summed E-state index contributed by atoms with van der Waals surface area (Å²) in [5, 5.41) is 9.18. The Kier molecular flexibility index (Phi) is 4.65. The van der Waals surface area contributed by atoms with Gasteiger partial charge in [-0.25, -0.2) is 8.42 Å². The summed E-state index contributed by atoms with van der Waals surface area (Å²) in [6.07, 6.45) is 0.744. The largest absolute Gasteiger partial charge is 0.392 e. The normalized spacial score (nSPS) is 11.4. The van der Waals surface area contributed by atoms with E-state index in [0.29, 0.717) is 16.8 Å². The van der Waals surface area contributed by atoms with E-state index in [1.165, 1.54) is 6.07 Å². The third kappa shape index (κ3) is 3.43. The molecule has 2 rings (SSSR count). The van der Waals surface area contributed by atoms with Crippen LogP contribution in [0.3, 0.4) is 0 Å². The van der Waals surface area contributed by atoms with Crippen molar-refractivity contribution in [3.63, 3.8) is 0 Å². The van der Waals surface area contributed by atoms with Gasteiger partial charge in [-0.15, -0.1) is 0 Å². The number of rotatable bonds is 5. The van der Waals surface area contributed by atoms with E-state index in [9.17, 15) is 13.5 Å². The van der Waals surface area contributed by atoms with Crippen LogP contribution in [0.25, 0.3) is 0 Å². The van der Waals surface area contributed by atoms with E-state index < -0.39 is 10.0 Å². The number of aliphatic hydroxyl groups is 1. The standard InChI is InChI=1S/C16H19NO3S/c1-3-14-6-4-5-7-15(14)17-21(19,20)16-10-13(11-18)9-8-12(16)2/h4-10,17-18H,3,11H2,1-2H3. The fourth-order valence-corrected chi connectivity index (χ4v) is 3.56. The van der Waals surface area contributed by atoms with Crippen LogP contribution in [0.4, 0.5) is 5.69 Å². The predicted molar refractivity (Wildman–Crippen MR) is 83.7 cm³/mol. The first-order valence-electron chi connectivity index (χ1n) is 6.79. The molecule has 0 aliphatic heterocycles. The number of nitrogens with one attached hydrogen (secondary N) is 1. The summed E-state index contributed by atoms with van der Waals surface area (Å²) in [5.74, 6) is 0. The first kappa shape index (κ1) is 15.5. The quantitative estimate of drug-likeness (QED) is 0.892. The number of hydrogen-bond acceptors (Lipinski definition) is 3. The molecule has 0 unspecified atom stereocenters. The van der Waals surface area contributed by atoms with E-state index in [4.69, 9.17) is 0 Å². The van der Waals surface area contributed by atoms with Crippen molar-refractivity contribution in [2.75, 3.05) is 4.72 Å². The second kappa shape index (κ2) is 6.28. The number of sulfonamides is 1. The van der Waals surface area contributed by atoms with E-state index in [1.807, 2.05) is 19.1 Å². The molecule has 0 aromatic heterocycles. The highest BCUT2D eigenvalue weighted by Crippen LogP contribution is 2.23. The van der Waals surface area contributed by atoms with Gasteiger partial charge < -0.3 is 5.11 Å². The summed E-state index contributed by atoms with van der Waals surface area (Å²) in [6.45, 7) is 3.53. The highest BCUT2D eigenvalue weighted by molar-refractivity contribution is 7.92. The van der Waals surface area contributed by atoms with Gasteiger partial charge in [-0.05, 0) is 42.2 Å². The smallest absolute Gasteiger partial charge is 0.262 e. The minimum absolute atomic E-state index is 0.186. The molecule has 0 aliphatic carbocycles. The number of para-hydroxylation sites is 1. The molecular formula is C16H19NO3S. The Hall–Kier alpha value is -1.85. The second-order valence-corrected chi connectivity index (χ2v) is 6.52. The van der Waals surface area contributed by atoms with Crippen LogP contribution in [0.15, 0.2) is 47.4 Å². The Labute approximate surface area is 125 Å². The van der Waals surface area contributed by atoms with Gasteiger partial charge in [-0.1, -0.05) is 37.3 Å². The molecule has 5 heteroatoms. The fourth-order valence-electron chi connectivity index (χ4n) is 2.16. The summed E-state index contributed by atoms with van der Waals surface area (Å²) >= 11 is 0. The Morgan fingerprint density at radius 1 is 1.14 bits per heavy atom. The average molecular weight is 305 g/mol. The predicted octanol–water partition coefficient (Wildman–Crippen LogP) is 2.85. The molecule has 0 atom stereocenters. The molecule has 2 aromatic carbocycles. The molecule has 0 saturated heterocycles. The molecule has 0 spiro atoms. The molecule has 0 amide bonds. The van der Waals surface area contributed by atoms with Gasteiger partial charge in [0.2, 0.25) is 0 Å². The first-order valence-corrected chi connectivity index (χ1v) is 8.27. The van der Waals surface area contributed by atoms with Gasteiger partial charge in [-0.3, -0.25) is 4.72 Å². The first-order chi connectivity index (χ1) is 9.97. The zero-order valence-corrected chi connectivity index (χ0v) is 12.9. The molecule has 112 valence electrons. The van der Waals surface area contributed by atoms with Crippen molar-refractivity contribution in [1.29, 1.82) is 0 Å². The molecular weight excluding hydrogens is 286 g/mol. The highest BCUT2D eigenvalue weighted by atomic mass is 32.2. The summed E-state index contributed by atoms with van der Waals surface area (Å²) in [4.78, 5) is 0.194. The second-order valence-electron chi connectivity index (χ2n) is 4.87. The zero-order valence-electron chi connectivity index (χ0n) is 12.1. The molecule has 0 heterocycles. The molecule has 2 N–H and O–H groups in total. The number of aliphatic hydroxyl groups excluding tert-OH is 1. The molecule has 4 nitrogen and oxygen atoms in total. The number of anilines is 1. The van der Waals surface area contributed by atoms with E-state index in [0.717, 1.165) is 12.0 Å². The molecule has 0 aliphatic rings. The van der Waals surface area contributed by atoms with Crippen LogP contribution in [-0.4, -0.2) is 13.5 Å². The van der Waals surface area contributed by atoms with Gasteiger partial charge in [0, 0.05) is 0 Å². The lowest BCUT2D eigenvalue weighted by Gasteiger charge is -2.14. The molecule has 21 heavy (non-hydrogen) atoms. The Balaban J connectivity index is 2.43. The summed E-state index contributed by atoms with van der Waals surface area (Å²) in [5.41, 5.74) is 2.75. The monoisotopic (exact) mass is 305 g/mol. The van der Waals surface area contributed by atoms with Crippen LogP contribution in [0.2, 0.25) is 0 Å². The Morgan fingerprint density at radius 2 is 1.86 bits per heavy atom. The van der Waals surface area contributed by atoms with Crippen LogP contribution in [0.1, 0.15) is 23.6 Å². The fraction of sp³-hybridized carbons (Fsp3) is 0.250. The maximum atomic E-state index is 12.6. The summed E-state index contributed by atoms with van der Waals surface area (Å²) < 4.78 is 27.8.